The maximum Gasteiger partial charge on any atom is 0.251 e. The highest BCUT2D eigenvalue weighted by Crippen LogP contribution is 2.05. The van der Waals surface area contributed by atoms with Gasteiger partial charge >= 0.3 is 0 Å². The minimum absolute atomic E-state index is 0.288. The number of rotatable bonds is 7. The van der Waals surface area contributed by atoms with E-state index in [-0.39, 0.29) is 5.56 Å². The second kappa shape index (κ2) is 7.31. The molecule has 0 radical (unpaired) electrons. The van der Waals surface area contributed by atoms with Crippen molar-refractivity contribution in [1.29, 1.82) is 0 Å². The summed E-state index contributed by atoms with van der Waals surface area (Å²) in [6, 6.07) is 4.36. The van der Waals surface area contributed by atoms with E-state index < -0.39 is 23.7 Å². The number of primary amides is 1. The summed E-state index contributed by atoms with van der Waals surface area (Å²) in [5.41, 5.74) is 5.52. The Morgan fingerprint density at radius 1 is 1.37 bits per heavy atom. The molecule has 0 heterocycles. The molecule has 0 bridgehead atoms. The molecule has 1 aromatic rings. The zero-order valence-corrected chi connectivity index (χ0v) is 10.6. The van der Waals surface area contributed by atoms with Crippen molar-refractivity contribution in [1.82, 2.24) is 5.32 Å². The van der Waals surface area contributed by atoms with E-state index in [1.165, 1.54) is 24.3 Å². The maximum absolute atomic E-state index is 12.7. The van der Waals surface area contributed by atoms with Crippen LogP contribution in [0.3, 0.4) is 0 Å². The minimum Gasteiger partial charge on any atom is -0.368 e. The first-order valence-corrected chi connectivity index (χ1v) is 6.01. The Balaban J connectivity index is 2.62. The zero-order valence-electron chi connectivity index (χ0n) is 10.6. The molecule has 0 aliphatic heterocycles. The molecule has 0 aliphatic carbocycles. The fraction of sp³-hybridized carbons (Fsp3) is 0.286. The van der Waals surface area contributed by atoms with Crippen molar-refractivity contribution in [3.63, 3.8) is 0 Å². The monoisotopic (exact) mass is 264 g/mol. The summed E-state index contributed by atoms with van der Waals surface area (Å²) >= 11 is 0. The summed E-state index contributed by atoms with van der Waals surface area (Å²) in [4.78, 5) is 23.1. The highest BCUT2D eigenvalue weighted by atomic mass is 19.1. The largest absolute Gasteiger partial charge is 0.368 e. The first-order valence-electron chi connectivity index (χ1n) is 6.01. The number of nitrogens with two attached hydrogens (primary N) is 1. The van der Waals surface area contributed by atoms with Gasteiger partial charge in [0, 0.05) is 5.56 Å². The number of nitrogens with one attached hydrogen (secondary N) is 1. The highest BCUT2D eigenvalue weighted by molar-refractivity contribution is 5.97. The van der Waals surface area contributed by atoms with Crippen LogP contribution in [0.4, 0.5) is 4.39 Å². The molecule has 19 heavy (non-hydrogen) atoms. The van der Waals surface area contributed by atoms with Crippen molar-refractivity contribution >= 4 is 11.8 Å². The van der Waals surface area contributed by atoms with Crippen LogP contribution in [0.2, 0.25) is 0 Å². The lowest BCUT2D eigenvalue weighted by atomic mass is 10.1. The van der Waals surface area contributed by atoms with Crippen LogP contribution in [0, 0.1) is 5.82 Å². The van der Waals surface area contributed by atoms with Crippen LogP contribution in [0.25, 0.3) is 0 Å². The lowest BCUT2D eigenvalue weighted by Gasteiger charge is -2.15. The molecular weight excluding hydrogens is 247 g/mol. The van der Waals surface area contributed by atoms with Gasteiger partial charge in [0.2, 0.25) is 5.91 Å². The molecule has 2 amide bonds. The zero-order chi connectivity index (χ0) is 14.3. The van der Waals surface area contributed by atoms with Gasteiger partial charge in [-0.3, -0.25) is 9.59 Å². The van der Waals surface area contributed by atoms with Crippen LogP contribution in [0.5, 0.6) is 0 Å². The van der Waals surface area contributed by atoms with Gasteiger partial charge in [-0.15, -0.1) is 6.58 Å². The Labute approximate surface area is 111 Å². The second-order valence-electron chi connectivity index (χ2n) is 4.15. The number of carbonyl (C=O) groups is 2. The molecule has 0 fully saturated rings. The number of unbranched alkanes of at least 4 members (excludes halogenated alkanes) is 1. The Bertz CT molecular complexity index is 457. The Hall–Kier alpha value is -2.17. The van der Waals surface area contributed by atoms with Crippen LogP contribution in [0.15, 0.2) is 36.9 Å². The number of hydrogen-bond acceptors (Lipinski definition) is 2. The van der Waals surface area contributed by atoms with Gasteiger partial charge in [0.25, 0.3) is 5.91 Å². The van der Waals surface area contributed by atoms with Crippen molar-refractivity contribution in [2.75, 3.05) is 0 Å². The van der Waals surface area contributed by atoms with Gasteiger partial charge in [-0.25, -0.2) is 4.39 Å². The van der Waals surface area contributed by atoms with Crippen molar-refractivity contribution in [2.24, 2.45) is 5.73 Å². The van der Waals surface area contributed by atoms with Crippen LogP contribution < -0.4 is 11.1 Å². The maximum atomic E-state index is 12.7. The minimum atomic E-state index is -0.725. The fourth-order valence-electron chi connectivity index (χ4n) is 1.59. The van der Waals surface area contributed by atoms with E-state index >= 15 is 0 Å². The first kappa shape index (κ1) is 14.9. The van der Waals surface area contributed by atoms with E-state index in [2.05, 4.69) is 11.9 Å². The molecule has 0 spiro atoms. The number of benzene rings is 1. The molecule has 5 heteroatoms. The summed E-state index contributed by atoms with van der Waals surface area (Å²) in [6.07, 6.45) is 3.64. The third-order valence-electron chi connectivity index (χ3n) is 2.66. The third kappa shape index (κ3) is 4.91. The third-order valence-corrected chi connectivity index (χ3v) is 2.66. The number of amides is 2. The molecule has 1 rings (SSSR count). The van der Waals surface area contributed by atoms with E-state index in [9.17, 15) is 14.0 Å². The molecule has 0 saturated carbocycles. The summed E-state index contributed by atoms with van der Waals surface area (Å²) < 4.78 is 12.7. The summed E-state index contributed by atoms with van der Waals surface area (Å²) in [6.45, 7) is 3.58. The molecule has 0 unspecified atom stereocenters. The van der Waals surface area contributed by atoms with Gasteiger partial charge < -0.3 is 11.1 Å². The van der Waals surface area contributed by atoms with Gasteiger partial charge in [0.05, 0.1) is 0 Å². The molecule has 0 aromatic heterocycles. The van der Waals surface area contributed by atoms with Crippen molar-refractivity contribution in [3.05, 3.63) is 48.3 Å². The van der Waals surface area contributed by atoms with Gasteiger partial charge in [-0.2, -0.15) is 0 Å². The summed E-state index contributed by atoms with van der Waals surface area (Å²) in [5, 5.41) is 2.54. The van der Waals surface area contributed by atoms with Gasteiger partial charge in [0.1, 0.15) is 11.9 Å². The molecule has 1 atom stereocenters. The number of allylic oxidation sites excluding steroid dienone is 1. The standard InChI is InChI=1S/C14H17FN2O2/c1-2-3-4-5-12(13(16)18)17-14(19)10-6-8-11(15)9-7-10/h2,6-9,12H,1,3-5H2,(H2,16,18)(H,17,19)/t12-/m0/s1. The Morgan fingerprint density at radius 2 is 2.00 bits per heavy atom. The lowest BCUT2D eigenvalue weighted by Crippen LogP contribution is -2.44. The lowest BCUT2D eigenvalue weighted by molar-refractivity contribution is -0.120. The average molecular weight is 264 g/mol. The molecule has 3 N–H and O–H groups in total. The van der Waals surface area contributed by atoms with Crippen LogP contribution in [0.1, 0.15) is 29.6 Å². The molecule has 0 aliphatic rings. The smallest absolute Gasteiger partial charge is 0.251 e. The number of carbonyl (C=O) groups excluding carboxylic acids is 2. The van der Waals surface area contributed by atoms with Crippen LogP contribution in [-0.4, -0.2) is 17.9 Å². The van der Waals surface area contributed by atoms with Crippen LogP contribution >= 0.6 is 0 Å². The molecule has 4 nitrogen and oxygen atoms in total. The van der Waals surface area contributed by atoms with Gasteiger partial charge in [0.15, 0.2) is 0 Å². The fourth-order valence-corrected chi connectivity index (χ4v) is 1.59. The Kier molecular flexibility index (Phi) is 5.73. The molecule has 102 valence electrons. The second-order valence-corrected chi connectivity index (χ2v) is 4.15. The van der Waals surface area contributed by atoms with E-state index in [0.717, 1.165) is 6.42 Å². The molecular formula is C14H17FN2O2. The van der Waals surface area contributed by atoms with Crippen molar-refractivity contribution < 1.29 is 14.0 Å². The molecule has 0 saturated heterocycles. The predicted molar refractivity (Wildman–Crippen MR) is 70.9 cm³/mol. The van der Waals surface area contributed by atoms with Gasteiger partial charge in [-0.1, -0.05) is 6.08 Å². The van der Waals surface area contributed by atoms with Gasteiger partial charge in [-0.05, 0) is 43.5 Å². The predicted octanol–water partition coefficient (Wildman–Crippen LogP) is 1.77. The number of halogens is 1. The average Bonchev–Trinajstić information content (AvgIpc) is 2.38. The van der Waals surface area contributed by atoms with E-state index in [0.29, 0.717) is 12.8 Å². The normalized spacial score (nSPS) is 11.6. The van der Waals surface area contributed by atoms with E-state index in [1.807, 2.05) is 0 Å². The SMILES string of the molecule is C=CCCC[C@H](NC(=O)c1ccc(F)cc1)C(N)=O. The van der Waals surface area contributed by atoms with E-state index in [4.69, 9.17) is 5.73 Å². The van der Waals surface area contributed by atoms with Crippen LogP contribution in [-0.2, 0) is 4.79 Å². The Morgan fingerprint density at radius 3 is 2.53 bits per heavy atom. The summed E-state index contributed by atoms with van der Waals surface area (Å²) in [7, 11) is 0. The molecule has 1 aromatic carbocycles. The van der Waals surface area contributed by atoms with Crippen molar-refractivity contribution in [2.45, 2.75) is 25.3 Å². The summed E-state index contributed by atoms with van der Waals surface area (Å²) in [5.74, 6) is -1.45. The van der Waals surface area contributed by atoms with E-state index in [1.54, 1.807) is 6.08 Å². The number of hydrogen-bond donors (Lipinski definition) is 2. The topological polar surface area (TPSA) is 72.2 Å². The van der Waals surface area contributed by atoms with Crippen molar-refractivity contribution in [3.8, 4) is 0 Å². The highest BCUT2D eigenvalue weighted by Gasteiger charge is 2.18. The first-order chi connectivity index (χ1) is 9.04. The quantitative estimate of drug-likeness (QED) is 0.582.